The van der Waals surface area contributed by atoms with E-state index in [0.29, 0.717) is 22.0 Å². The number of amides is 1. The molecule has 1 N–H and O–H groups in total. The van der Waals surface area contributed by atoms with E-state index in [1.54, 1.807) is 43.3 Å². The molecule has 3 rings (SSSR count). The SMILES string of the molecule is COc1ccccc1-n1c(=O)c2ccc(Cl)cc2n([C@H](C)C(=O)NC(C)C)c1=O. The van der Waals surface area contributed by atoms with Gasteiger partial charge in [0, 0.05) is 11.1 Å². The normalized spacial score (nSPS) is 12.2. The van der Waals surface area contributed by atoms with Crippen molar-refractivity contribution in [1.82, 2.24) is 14.5 Å². The lowest BCUT2D eigenvalue weighted by atomic mass is 10.2. The molecular weight excluding hydrogens is 394 g/mol. The van der Waals surface area contributed by atoms with Crippen LogP contribution >= 0.6 is 11.6 Å². The van der Waals surface area contributed by atoms with Crippen molar-refractivity contribution in [3.63, 3.8) is 0 Å². The number of para-hydroxylation sites is 2. The van der Waals surface area contributed by atoms with Crippen LogP contribution in [0.2, 0.25) is 5.02 Å². The average molecular weight is 416 g/mol. The molecule has 0 spiro atoms. The Hall–Kier alpha value is -3.06. The van der Waals surface area contributed by atoms with Crippen LogP contribution < -0.4 is 21.3 Å². The Morgan fingerprint density at radius 1 is 1.10 bits per heavy atom. The van der Waals surface area contributed by atoms with Gasteiger partial charge >= 0.3 is 5.69 Å². The van der Waals surface area contributed by atoms with Gasteiger partial charge in [-0.2, -0.15) is 0 Å². The van der Waals surface area contributed by atoms with Crippen LogP contribution in [0.25, 0.3) is 16.6 Å². The summed E-state index contributed by atoms with van der Waals surface area (Å²) >= 11 is 6.12. The van der Waals surface area contributed by atoms with Gasteiger partial charge < -0.3 is 10.1 Å². The number of benzene rings is 2. The molecule has 1 amide bonds. The van der Waals surface area contributed by atoms with E-state index in [9.17, 15) is 14.4 Å². The fraction of sp³-hybridized carbons (Fsp3) is 0.286. The van der Waals surface area contributed by atoms with E-state index in [4.69, 9.17) is 16.3 Å². The van der Waals surface area contributed by atoms with Crippen LogP contribution in [-0.4, -0.2) is 28.2 Å². The van der Waals surface area contributed by atoms with E-state index in [-0.39, 0.29) is 17.3 Å². The molecule has 0 saturated carbocycles. The highest BCUT2D eigenvalue weighted by Gasteiger charge is 2.24. The number of aromatic nitrogens is 2. The molecule has 0 aliphatic rings. The molecule has 29 heavy (non-hydrogen) atoms. The summed E-state index contributed by atoms with van der Waals surface area (Å²) in [6.45, 7) is 5.27. The van der Waals surface area contributed by atoms with E-state index in [1.165, 1.54) is 17.7 Å². The predicted molar refractivity (Wildman–Crippen MR) is 113 cm³/mol. The van der Waals surface area contributed by atoms with Crippen molar-refractivity contribution in [2.75, 3.05) is 7.11 Å². The largest absolute Gasteiger partial charge is 0.495 e. The number of hydrogen-bond acceptors (Lipinski definition) is 4. The summed E-state index contributed by atoms with van der Waals surface area (Å²) in [5.41, 5.74) is -0.573. The third-order valence-corrected chi connectivity index (χ3v) is 4.81. The molecule has 7 nitrogen and oxygen atoms in total. The lowest BCUT2D eigenvalue weighted by Crippen LogP contribution is -2.44. The highest BCUT2D eigenvalue weighted by atomic mass is 35.5. The average Bonchev–Trinajstić information content (AvgIpc) is 2.67. The Bertz CT molecular complexity index is 1200. The van der Waals surface area contributed by atoms with Crippen LogP contribution in [-0.2, 0) is 4.79 Å². The Morgan fingerprint density at radius 3 is 2.45 bits per heavy atom. The zero-order valence-corrected chi connectivity index (χ0v) is 17.4. The number of ether oxygens (including phenoxy) is 1. The number of fused-ring (bicyclic) bond motifs is 1. The second kappa shape index (κ2) is 8.13. The van der Waals surface area contributed by atoms with Crippen molar-refractivity contribution >= 4 is 28.4 Å². The van der Waals surface area contributed by atoms with E-state index < -0.39 is 17.3 Å². The van der Waals surface area contributed by atoms with Gasteiger partial charge in [-0.1, -0.05) is 23.7 Å². The Morgan fingerprint density at radius 2 is 1.79 bits per heavy atom. The van der Waals surface area contributed by atoms with Gasteiger partial charge in [-0.3, -0.25) is 14.2 Å². The highest BCUT2D eigenvalue weighted by Crippen LogP contribution is 2.23. The molecule has 0 fully saturated rings. The number of carbonyl (C=O) groups excluding carboxylic acids is 1. The lowest BCUT2D eigenvalue weighted by molar-refractivity contribution is -0.124. The zero-order valence-electron chi connectivity index (χ0n) is 16.6. The van der Waals surface area contributed by atoms with Gasteiger partial charge in [-0.05, 0) is 51.1 Å². The molecule has 1 heterocycles. The molecule has 8 heteroatoms. The van der Waals surface area contributed by atoms with Crippen molar-refractivity contribution in [2.45, 2.75) is 32.9 Å². The summed E-state index contributed by atoms with van der Waals surface area (Å²) in [7, 11) is 1.46. The van der Waals surface area contributed by atoms with Crippen LogP contribution in [0, 0.1) is 0 Å². The van der Waals surface area contributed by atoms with Crippen LogP contribution in [0.3, 0.4) is 0 Å². The molecule has 0 aliphatic carbocycles. The van der Waals surface area contributed by atoms with Crippen molar-refractivity contribution in [3.05, 3.63) is 68.3 Å². The molecule has 1 atom stereocenters. The number of nitrogens with zero attached hydrogens (tertiary/aromatic N) is 2. The topological polar surface area (TPSA) is 82.3 Å². The maximum absolute atomic E-state index is 13.5. The van der Waals surface area contributed by atoms with E-state index in [1.807, 2.05) is 13.8 Å². The van der Waals surface area contributed by atoms with Crippen LogP contribution in [0.15, 0.2) is 52.1 Å². The smallest absolute Gasteiger partial charge is 0.337 e. The maximum atomic E-state index is 13.5. The molecule has 3 aromatic rings. The van der Waals surface area contributed by atoms with Crippen molar-refractivity contribution < 1.29 is 9.53 Å². The minimum atomic E-state index is -0.868. The van der Waals surface area contributed by atoms with Crippen molar-refractivity contribution in [1.29, 1.82) is 0 Å². The minimum Gasteiger partial charge on any atom is -0.495 e. The predicted octanol–water partition coefficient (Wildman–Crippen LogP) is 2.90. The highest BCUT2D eigenvalue weighted by molar-refractivity contribution is 6.31. The standard InChI is InChI=1S/C21H22ClN3O4/c1-12(2)23-19(26)13(3)24-17-11-14(22)9-10-15(17)20(27)25(21(24)28)16-7-5-6-8-18(16)29-4/h5-13H,1-4H3,(H,23,26)/t13-/m1/s1. The fourth-order valence-corrected chi connectivity index (χ4v) is 3.39. The maximum Gasteiger partial charge on any atom is 0.337 e. The van der Waals surface area contributed by atoms with Gasteiger partial charge in [0.15, 0.2) is 0 Å². The van der Waals surface area contributed by atoms with Crippen LogP contribution in [0.5, 0.6) is 5.75 Å². The minimum absolute atomic E-state index is 0.101. The summed E-state index contributed by atoms with van der Waals surface area (Å²) in [5, 5.41) is 3.43. The lowest BCUT2D eigenvalue weighted by Gasteiger charge is -2.21. The Kier molecular flexibility index (Phi) is 5.79. The third kappa shape index (κ3) is 3.78. The number of hydrogen-bond donors (Lipinski definition) is 1. The van der Waals surface area contributed by atoms with Crippen LogP contribution in [0.4, 0.5) is 0 Å². The molecule has 0 radical (unpaired) electrons. The van der Waals surface area contributed by atoms with Crippen LogP contribution in [0.1, 0.15) is 26.8 Å². The summed E-state index contributed by atoms with van der Waals surface area (Å²) < 4.78 is 7.64. The Balaban J connectivity index is 2.41. The molecule has 0 aliphatic heterocycles. The van der Waals surface area contributed by atoms with Gasteiger partial charge in [-0.25, -0.2) is 9.36 Å². The van der Waals surface area contributed by atoms with Gasteiger partial charge in [0.1, 0.15) is 11.8 Å². The van der Waals surface area contributed by atoms with Gasteiger partial charge in [0.25, 0.3) is 5.56 Å². The number of nitrogens with one attached hydrogen (secondary N) is 1. The molecule has 0 bridgehead atoms. The number of carbonyl (C=O) groups is 1. The first-order chi connectivity index (χ1) is 13.8. The van der Waals surface area contributed by atoms with Gasteiger partial charge in [0.05, 0.1) is 23.7 Å². The number of rotatable bonds is 5. The molecule has 0 unspecified atom stereocenters. The molecular formula is C21H22ClN3O4. The van der Waals surface area contributed by atoms with Crippen molar-refractivity contribution in [2.24, 2.45) is 0 Å². The van der Waals surface area contributed by atoms with Gasteiger partial charge in [0.2, 0.25) is 5.91 Å². The van der Waals surface area contributed by atoms with E-state index in [0.717, 1.165) is 4.57 Å². The first-order valence-corrected chi connectivity index (χ1v) is 9.54. The fourth-order valence-electron chi connectivity index (χ4n) is 3.23. The quantitative estimate of drug-likeness (QED) is 0.694. The molecule has 0 saturated heterocycles. The molecule has 2 aromatic carbocycles. The summed E-state index contributed by atoms with van der Waals surface area (Å²) in [5.74, 6) is 0.0273. The molecule has 1 aromatic heterocycles. The number of methoxy groups -OCH3 is 1. The van der Waals surface area contributed by atoms with Crippen molar-refractivity contribution in [3.8, 4) is 11.4 Å². The first-order valence-electron chi connectivity index (χ1n) is 9.16. The summed E-state index contributed by atoms with van der Waals surface area (Å²) in [6, 6.07) is 10.4. The number of halogens is 1. The van der Waals surface area contributed by atoms with E-state index in [2.05, 4.69) is 5.32 Å². The summed E-state index contributed by atoms with van der Waals surface area (Å²) in [4.78, 5) is 39.3. The first kappa shape index (κ1) is 20.7. The summed E-state index contributed by atoms with van der Waals surface area (Å²) in [6.07, 6.45) is 0. The zero-order chi connectivity index (χ0) is 21.3. The second-order valence-corrected chi connectivity index (χ2v) is 7.40. The monoisotopic (exact) mass is 415 g/mol. The Labute approximate surface area is 172 Å². The molecule has 152 valence electrons. The van der Waals surface area contributed by atoms with Gasteiger partial charge in [-0.15, -0.1) is 0 Å². The van der Waals surface area contributed by atoms with E-state index >= 15 is 0 Å². The third-order valence-electron chi connectivity index (χ3n) is 4.57. The second-order valence-electron chi connectivity index (χ2n) is 6.97.